The van der Waals surface area contributed by atoms with Gasteiger partial charge in [0, 0.05) is 35.6 Å². The predicted octanol–water partition coefficient (Wildman–Crippen LogP) is 1.96. The number of amides is 1. The number of ether oxygens (including phenoxy) is 1. The van der Waals surface area contributed by atoms with E-state index in [0.29, 0.717) is 35.4 Å². The van der Waals surface area contributed by atoms with Gasteiger partial charge in [-0.25, -0.2) is 4.99 Å². The van der Waals surface area contributed by atoms with Crippen molar-refractivity contribution >= 4 is 40.4 Å². The Morgan fingerprint density at radius 2 is 2.07 bits per heavy atom. The number of anilines is 2. The van der Waals surface area contributed by atoms with Crippen LogP contribution >= 0.6 is 11.6 Å². The Morgan fingerprint density at radius 3 is 2.93 bits per heavy atom. The fourth-order valence-corrected chi connectivity index (χ4v) is 3.26. The number of aliphatic imine (C=N–C) groups is 1. The Labute approximate surface area is 173 Å². The normalized spacial score (nSPS) is 17.7. The summed E-state index contributed by atoms with van der Waals surface area (Å²) in [7, 11) is 0. The highest BCUT2D eigenvalue weighted by Crippen LogP contribution is 2.30. The molecule has 0 fully saturated rings. The SMILES string of the molecule is NC1N=C(NCCNc2ccc3c(c2)NC(=O)CO3)C=C(c2cccc(Cl)c2)N1. The molecule has 4 rings (SSSR count). The highest BCUT2D eigenvalue weighted by molar-refractivity contribution is 6.30. The first kappa shape index (κ1) is 19.1. The lowest BCUT2D eigenvalue weighted by atomic mass is 10.1. The molecular weight excluding hydrogens is 392 g/mol. The number of hydrogen-bond donors (Lipinski definition) is 5. The van der Waals surface area contributed by atoms with Crippen LogP contribution in [0.25, 0.3) is 5.70 Å². The molecule has 29 heavy (non-hydrogen) atoms. The van der Waals surface area contributed by atoms with Crippen molar-refractivity contribution in [3.05, 3.63) is 59.1 Å². The molecule has 2 aliphatic rings. The van der Waals surface area contributed by atoms with Crippen LogP contribution in [-0.4, -0.2) is 37.7 Å². The quantitative estimate of drug-likeness (QED) is 0.480. The van der Waals surface area contributed by atoms with Gasteiger partial charge in [-0.05, 0) is 35.9 Å². The van der Waals surface area contributed by atoms with Crippen LogP contribution in [0.15, 0.2) is 53.5 Å². The molecule has 0 aliphatic carbocycles. The van der Waals surface area contributed by atoms with Crippen molar-refractivity contribution in [3.63, 3.8) is 0 Å². The fraction of sp³-hybridized carbons (Fsp3) is 0.200. The zero-order valence-electron chi connectivity index (χ0n) is 15.5. The van der Waals surface area contributed by atoms with Crippen molar-refractivity contribution < 1.29 is 9.53 Å². The number of hydrogen-bond acceptors (Lipinski definition) is 7. The molecule has 9 heteroatoms. The third kappa shape index (κ3) is 4.79. The van der Waals surface area contributed by atoms with Gasteiger partial charge in [-0.3, -0.25) is 10.5 Å². The summed E-state index contributed by atoms with van der Waals surface area (Å²) >= 11 is 6.08. The van der Waals surface area contributed by atoms with Crippen LogP contribution in [-0.2, 0) is 4.79 Å². The van der Waals surface area contributed by atoms with Crippen LogP contribution in [0.3, 0.4) is 0 Å². The lowest BCUT2D eigenvalue weighted by molar-refractivity contribution is -0.118. The Bertz CT molecular complexity index is 991. The van der Waals surface area contributed by atoms with E-state index in [2.05, 4.69) is 26.3 Å². The lowest BCUT2D eigenvalue weighted by Crippen LogP contribution is -2.41. The van der Waals surface area contributed by atoms with Crippen molar-refractivity contribution in [2.45, 2.75) is 6.29 Å². The van der Waals surface area contributed by atoms with E-state index in [9.17, 15) is 4.79 Å². The number of carbonyl (C=O) groups excluding carboxylic acids is 1. The van der Waals surface area contributed by atoms with Crippen LogP contribution in [0.4, 0.5) is 11.4 Å². The minimum Gasteiger partial charge on any atom is -0.482 e. The second-order valence-electron chi connectivity index (χ2n) is 6.57. The number of nitrogens with zero attached hydrogens (tertiary/aromatic N) is 1. The average Bonchev–Trinajstić information content (AvgIpc) is 2.70. The third-order valence-corrected chi connectivity index (χ3v) is 4.61. The van der Waals surface area contributed by atoms with E-state index in [1.165, 1.54) is 0 Å². The molecule has 0 saturated heterocycles. The average molecular weight is 413 g/mol. The molecule has 0 radical (unpaired) electrons. The molecule has 1 unspecified atom stereocenters. The van der Waals surface area contributed by atoms with Gasteiger partial charge in [0.1, 0.15) is 11.6 Å². The summed E-state index contributed by atoms with van der Waals surface area (Å²) in [5, 5.41) is 13.2. The van der Waals surface area contributed by atoms with Gasteiger partial charge in [0.2, 0.25) is 0 Å². The minimum atomic E-state index is -0.534. The zero-order valence-corrected chi connectivity index (χ0v) is 16.3. The van der Waals surface area contributed by atoms with Crippen molar-refractivity contribution in [3.8, 4) is 5.75 Å². The highest BCUT2D eigenvalue weighted by Gasteiger charge is 2.16. The third-order valence-electron chi connectivity index (χ3n) is 4.37. The second-order valence-corrected chi connectivity index (χ2v) is 7.01. The summed E-state index contributed by atoms with van der Waals surface area (Å²) in [6, 6.07) is 13.1. The Morgan fingerprint density at radius 1 is 1.21 bits per heavy atom. The van der Waals surface area contributed by atoms with Crippen molar-refractivity contribution in [1.29, 1.82) is 0 Å². The molecule has 0 bridgehead atoms. The van der Waals surface area contributed by atoms with Crippen molar-refractivity contribution in [2.75, 3.05) is 30.3 Å². The first-order chi connectivity index (χ1) is 14.1. The van der Waals surface area contributed by atoms with E-state index in [1.807, 2.05) is 48.5 Å². The van der Waals surface area contributed by atoms with E-state index in [0.717, 1.165) is 16.9 Å². The first-order valence-corrected chi connectivity index (χ1v) is 9.57. The largest absolute Gasteiger partial charge is 0.482 e. The minimum absolute atomic E-state index is 0.0491. The molecule has 2 heterocycles. The maximum Gasteiger partial charge on any atom is 0.262 e. The molecular formula is C20H21ClN6O2. The molecule has 8 nitrogen and oxygen atoms in total. The monoisotopic (exact) mass is 412 g/mol. The summed E-state index contributed by atoms with van der Waals surface area (Å²) < 4.78 is 5.36. The predicted molar refractivity (Wildman–Crippen MR) is 115 cm³/mol. The standard InChI is InChI=1S/C20H21ClN6O2/c21-13-3-1-2-12(8-13)15-10-18(27-20(22)26-15)24-7-6-23-14-4-5-17-16(9-14)25-19(28)11-29-17/h1-5,8-10,20,23,26H,6-7,11,22H2,(H,24,27)(H,25,28). The smallest absolute Gasteiger partial charge is 0.262 e. The Balaban J connectivity index is 1.33. The molecule has 1 amide bonds. The number of benzene rings is 2. The second kappa shape index (κ2) is 8.42. The van der Waals surface area contributed by atoms with E-state index in [4.69, 9.17) is 22.1 Å². The van der Waals surface area contributed by atoms with Crippen LogP contribution in [0.2, 0.25) is 5.02 Å². The molecule has 0 spiro atoms. The van der Waals surface area contributed by atoms with Gasteiger partial charge in [-0.15, -0.1) is 0 Å². The van der Waals surface area contributed by atoms with Crippen molar-refractivity contribution in [1.82, 2.24) is 10.6 Å². The zero-order chi connectivity index (χ0) is 20.2. The highest BCUT2D eigenvalue weighted by atomic mass is 35.5. The fourth-order valence-electron chi connectivity index (χ4n) is 3.07. The Hall–Kier alpha value is -3.23. The van der Waals surface area contributed by atoms with E-state index in [1.54, 1.807) is 0 Å². The molecule has 2 aromatic rings. The van der Waals surface area contributed by atoms with Gasteiger partial charge in [-0.2, -0.15) is 0 Å². The van der Waals surface area contributed by atoms with E-state index in [-0.39, 0.29) is 12.5 Å². The molecule has 2 aliphatic heterocycles. The molecule has 6 N–H and O–H groups in total. The first-order valence-electron chi connectivity index (χ1n) is 9.19. The van der Waals surface area contributed by atoms with Gasteiger partial charge in [0.15, 0.2) is 12.9 Å². The topological polar surface area (TPSA) is 113 Å². The number of rotatable bonds is 5. The maximum atomic E-state index is 11.4. The van der Waals surface area contributed by atoms with Crippen molar-refractivity contribution in [2.24, 2.45) is 10.7 Å². The summed E-state index contributed by atoms with van der Waals surface area (Å²) in [5.41, 5.74) is 9.34. The van der Waals surface area contributed by atoms with E-state index < -0.39 is 6.29 Å². The number of carbonyl (C=O) groups is 1. The number of halogens is 1. The molecule has 1 atom stereocenters. The van der Waals surface area contributed by atoms with Gasteiger partial charge in [-0.1, -0.05) is 23.7 Å². The van der Waals surface area contributed by atoms with Crippen LogP contribution in [0.1, 0.15) is 5.56 Å². The number of nitrogens with two attached hydrogens (primary N) is 1. The maximum absolute atomic E-state index is 11.4. The summed E-state index contributed by atoms with van der Waals surface area (Å²) in [6.07, 6.45) is 1.37. The van der Waals surface area contributed by atoms with E-state index >= 15 is 0 Å². The van der Waals surface area contributed by atoms with Crippen LogP contribution < -0.4 is 31.7 Å². The lowest BCUT2D eigenvalue weighted by Gasteiger charge is -2.22. The van der Waals surface area contributed by atoms with Gasteiger partial charge in [0.25, 0.3) is 5.91 Å². The number of nitrogens with one attached hydrogen (secondary N) is 4. The molecule has 0 saturated carbocycles. The summed E-state index contributed by atoms with van der Waals surface area (Å²) in [4.78, 5) is 15.8. The summed E-state index contributed by atoms with van der Waals surface area (Å²) in [5.74, 6) is 1.21. The number of amidine groups is 1. The van der Waals surface area contributed by atoms with Gasteiger partial charge < -0.3 is 26.0 Å². The Kier molecular flexibility index (Phi) is 5.55. The number of fused-ring (bicyclic) bond motifs is 1. The van der Waals surface area contributed by atoms with Crippen LogP contribution in [0, 0.1) is 0 Å². The van der Waals surface area contributed by atoms with Gasteiger partial charge >= 0.3 is 0 Å². The van der Waals surface area contributed by atoms with Crippen LogP contribution in [0.5, 0.6) is 5.75 Å². The van der Waals surface area contributed by atoms with Gasteiger partial charge in [0.05, 0.1) is 5.69 Å². The molecule has 150 valence electrons. The molecule has 2 aromatic carbocycles. The summed E-state index contributed by atoms with van der Waals surface area (Å²) in [6.45, 7) is 1.33. The molecule has 0 aromatic heterocycles.